The molecule has 3 heteroatoms. The number of carbonyl (C=O) groups is 1. The van der Waals surface area contributed by atoms with E-state index in [0.717, 1.165) is 31.8 Å². The molecule has 0 spiro atoms. The van der Waals surface area contributed by atoms with Crippen molar-refractivity contribution in [1.29, 1.82) is 0 Å². The lowest BCUT2D eigenvalue weighted by Gasteiger charge is -2.21. The number of rotatable bonds is 6. The first-order valence-corrected chi connectivity index (χ1v) is 7.03. The minimum absolute atomic E-state index is 0.305. The van der Waals surface area contributed by atoms with E-state index in [0.29, 0.717) is 31.1 Å². The predicted molar refractivity (Wildman–Crippen MR) is 74.5 cm³/mol. The topological polar surface area (TPSA) is 35.5 Å². The van der Waals surface area contributed by atoms with Crippen molar-refractivity contribution in [3.63, 3.8) is 0 Å². The van der Waals surface area contributed by atoms with Gasteiger partial charge in [-0.2, -0.15) is 0 Å². The molecule has 0 N–H and O–H groups in total. The van der Waals surface area contributed by atoms with Gasteiger partial charge in [0.25, 0.3) is 0 Å². The van der Waals surface area contributed by atoms with Gasteiger partial charge in [0.2, 0.25) is 0 Å². The van der Waals surface area contributed by atoms with Gasteiger partial charge >= 0.3 is 0 Å². The Bertz CT molecular complexity index is 408. The van der Waals surface area contributed by atoms with Gasteiger partial charge in [0.15, 0.2) is 0 Å². The second-order valence-corrected chi connectivity index (χ2v) is 5.21. The van der Waals surface area contributed by atoms with Crippen molar-refractivity contribution in [3.05, 3.63) is 29.8 Å². The van der Waals surface area contributed by atoms with Crippen LogP contribution in [0.2, 0.25) is 0 Å². The molecule has 0 bridgehead atoms. The van der Waals surface area contributed by atoms with Crippen molar-refractivity contribution in [2.24, 2.45) is 5.92 Å². The summed E-state index contributed by atoms with van der Waals surface area (Å²) in [7, 11) is 0. The maximum Gasteiger partial charge on any atom is 0.136 e. The molecule has 1 aromatic rings. The number of Topliss-reactive ketones (excluding diaryl/α,β-unsaturated/α-hetero) is 1. The standard InChI is InChI=1S/C16H22O3/c1-13-3-2-4-16(11-13)19-10-7-15(17)12-14-5-8-18-9-6-14/h2-4,11,14H,5-10,12H2,1H3. The van der Waals surface area contributed by atoms with E-state index >= 15 is 0 Å². The zero-order chi connectivity index (χ0) is 13.5. The average molecular weight is 262 g/mol. The third-order valence-corrected chi connectivity index (χ3v) is 3.50. The fourth-order valence-corrected chi connectivity index (χ4v) is 2.36. The van der Waals surface area contributed by atoms with E-state index in [4.69, 9.17) is 9.47 Å². The Morgan fingerprint density at radius 1 is 1.37 bits per heavy atom. The van der Waals surface area contributed by atoms with Crippen LogP contribution in [0, 0.1) is 12.8 Å². The Hall–Kier alpha value is -1.35. The van der Waals surface area contributed by atoms with Crippen LogP contribution in [0.4, 0.5) is 0 Å². The predicted octanol–water partition coefficient (Wildman–Crippen LogP) is 3.15. The molecule has 1 heterocycles. The summed E-state index contributed by atoms with van der Waals surface area (Å²) in [4.78, 5) is 11.8. The molecule has 0 atom stereocenters. The van der Waals surface area contributed by atoms with Crippen LogP contribution in [0.15, 0.2) is 24.3 Å². The van der Waals surface area contributed by atoms with Crippen LogP contribution in [-0.4, -0.2) is 25.6 Å². The summed E-state index contributed by atoms with van der Waals surface area (Å²) in [6.07, 6.45) is 3.22. The first-order valence-electron chi connectivity index (χ1n) is 7.03. The van der Waals surface area contributed by atoms with Gasteiger partial charge in [0.1, 0.15) is 11.5 Å². The van der Waals surface area contributed by atoms with Gasteiger partial charge in [0.05, 0.1) is 6.61 Å². The lowest BCUT2D eigenvalue weighted by atomic mass is 9.93. The zero-order valence-corrected chi connectivity index (χ0v) is 11.6. The third-order valence-electron chi connectivity index (χ3n) is 3.50. The number of benzene rings is 1. The molecular formula is C16H22O3. The number of aryl methyl sites for hydroxylation is 1. The van der Waals surface area contributed by atoms with Crippen LogP contribution in [0.3, 0.4) is 0 Å². The minimum atomic E-state index is 0.305. The molecule has 1 saturated heterocycles. The summed E-state index contributed by atoms with van der Waals surface area (Å²) < 4.78 is 10.9. The monoisotopic (exact) mass is 262 g/mol. The number of hydrogen-bond acceptors (Lipinski definition) is 3. The summed E-state index contributed by atoms with van der Waals surface area (Å²) in [5.41, 5.74) is 1.17. The van der Waals surface area contributed by atoms with Crippen molar-refractivity contribution >= 4 is 5.78 Å². The highest BCUT2D eigenvalue weighted by Crippen LogP contribution is 2.19. The van der Waals surface area contributed by atoms with Gasteiger partial charge < -0.3 is 9.47 Å². The summed E-state index contributed by atoms with van der Waals surface area (Å²) in [5, 5.41) is 0. The largest absolute Gasteiger partial charge is 0.493 e. The molecule has 19 heavy (non-hydrogen) atoms. The van der Waals surface area contributed by atoms with Crippen LogP contribution in [0.1, 0.15) is 31.2 Å². The zero-order valence-electron chi connectivity index (χ0n) is 11.6. The Balaban J connectivity index is 1.66. The molecule has 1 aliphatic heterocycles. The number of ether oxygens (including phenoxy) is 2. The second kappa shape index (κ2) is 7.29. The molecule has 0 saturated carbocycles. The molecule has 0 radical (unpaired) electrons. The highest BCUT2D eigenvalue weighted by molar-refractivity contribution is 5.78. The molecule has 1 fully saturated rings. The molecule has 0 aliphatic carbocycles. The molecule has 3 nitrogen and oxygen atoms in total. The Morgan fingerprint density at radius 2 is 2.16 bits per heavy atom. The molecule has 0 amide bonds. The van der Waals surface area contributed by atoms with E-state index in [1.807, 2.05) is 31.2 Å². The molecular weight excluding hydrogens is 240 g/mol. The molecule has 0 unspecified atom stereocenters. The SMILES string of the molecule is Cc1cccc(OCCC(=O)CC2CCOCC2)c1. The summed E-state index contributed by atoms with van der Waals surface area (Å²) >= 11 is 0. The van der Waals surface area contributed by atoms with Gasteiger partial charge in [-0.05, 0) is 43.4 Å². The molecule has 2 rings (SSSR count). The average Bonchev–Trinajstić information content (AvgIpc) is 2.40. The van der Waals surface area contributed by atoms with Crippen molar-refractivity contribution in [3.8, 4) is 5.75 Å². The van der Waals surface area contributed by atoms with Gasteiger partial charge in [0, 0.05) is 26.1 Å². The number of hydrogen-bond donors (Lipinski definition) is 0. The van der Waals surface area contributed by atoms with E-state index in [-0.39, 0.29) is 0 Å². The fraction of sp³-hybridized carbons (Fsp3) is 0.562. The van der Waals surface area contributed by atoms with Crippen molar-refractivity contribution in [2.75, 3.05) is 19.8 Å². The van der Waals surface area contributed by atoms with Crippen molar-refractivity contribution in [2.45, 2.75) is 32.6 Å². The highest BCUT2D eigenvalue weighted by atomic mass is 16.5. The smallest absolute Gasteiger partial charge is 0.136 e. The van der Waals surface area contributed by atoms with E-state index < -0.39 is 0 Å². The van der Waals surface area contributed by atoms with Crippen LogP contribution in [0.25, 0.3) is 0 Å². The van der Waals surface area contributed by atoms with Crippen LogP contribution in [-0.2, 0) is 9.53 Å². The first-order chi connectivity index (χ1) is 9.24. The number of carbonyl (C=O) groups excluding carboxylic acids is 1. The first kappa shape index (κ1) is 14.1. The van der Waals surface area contributed by atoms with Gasteiger partial charge in [-0.15, -0.1) is 0 Å². The van der Waals surface area contributed by atoms with Gasteiger partial charge in [-0.3, -0.25) is 4.79 Å². The van der Waals surface area contributed by atoms with E-state index in [9.17, 15) is 4.79 Å². The second-order valence-electron chi connectivity index (χ2n) is 5.21. The molecule has 104 valence electrons. The maximum absolute atomic E-state index is 11.8. The summed E-state index contributed by atoms with van der Waals surface area (Å²) in [5.74, 6) is 1.67. The number of ketones is 1. The van der Waals surface area contributed by atoms with Crippen LogP contribution < -0.4 is 4.74 Å². The van der Waals surface area contributed by atoms with E-state index in [2.05, 4.69) is 0 Å². The van der Waals surface area contributed by atoms with Crippen molar-refractivity contribution < 1.29 is 14.3 Å². The highest BCUT2D eigenvalue weighted by Gasteiger charge is 2.17. The van der Waals surface area contributed by atoms with Gasteiger partial charge in [-0.1, -0.05) is 12.1 Å². The van der Waals surface area contributed by atoms with Crippen molar-refractivity contribution in [1.82, 2.24) is 0 Å². The summed E-state index contributed by atoms with van der Waals surface area (Å²) in [6.45, 7) is 4.12. The van der Waals surface area contributed by atoms with E-state index in [1.165, 1.54) is 5.56 Å². The lowest BCUT2D eigenvalue weighted by molar-refractivity contribution is -0.121. The third kappa shape index (κ3) is 5.03. The molecule has 1 aliphatic rings. The fourth-order valence-electron chi connectivity index (χ4n) is 2.36. The minimum Gasteiger partial charge on any atom is -0.493 e. The van der Waals surface area contributed by atoms with E-state index in [1.54, 1.807) is 0 Å². The van der Waals surface area contributed by atoms with Crippen LogP contribution >= 0.6 is 0 Å². The Kier molecular flexibility index (Phi) is 5.40. The molecule has 0 aromatic heterocycles. The Labute approximate surface area is 114 Å². The molecule has 1 aromatic carbocycles. The van der Waals surface area contributed by atoms with Gasteiger partial charge in [-0.25, -0.2) is 0 Å². The van der Waals surface area contributed by atoms with Crippen LogP contribution in [0.5, 0.6) is 5.75 Å². The maximum atomic E-state index is 11.8. The summed E-state index contributed by atoms with van der Waals surface area (Å²) in [6, 6.07) is 7.91. The normalized spacial score (nSPS) is 16.3. The Morgan fingerprint density at radius 3 is 2.89 bits per heavy atom. The quantitative estimate of drug-likeness (QED) is 0.790. The lowest BCUT2D eigenvalue weighted by Crippen LogP contribution is -2.19.